The van der Waals surface area contributed by atoms with E-state index in [2.05, 4.69) is 34.5 Å². The number of hydrogen-bond acceptors (Lipinski definition) is 4. The molecule has 3 amide bonds. The highest BCUT2D eigenvalue weighted by molar-refractivity contribution is 5.94. The van der Waals surface area contributed by atoms with Gasteiger partial charge in [-0.2, -0.15) is 0 Å². The molecule has 114 valence electrons. The van der Waals surface area contributed by atoms with Crippen molar-refractivity contribution in [2.24, 2.45) is 5.73 Å². The molecular formula is C15H22N4O2. The second-order valence-corrected chi connectivity index (χ2v) is 5.27. The molecule has 3 N–H and O–H groups in total. The topological polar surface area (TPSA) is 78.7 Å². The van der Waals surface area contributed by atoms with Gasteiger partial charge in [-0.15, -0.1) is 0 Å². The molecule has 0 spiro atoms. The van der Waals surface area contributed by atoms with Crippen LogP contribution in [-0.4, -0.2) is 61.0 Å². The van der Waals surface area contributed by atoms with E-state index in [4.69, 9.17) is 5.73 Å². The molecule has 0 atom stereocenters. The van der Waals surface area contributed by atoms with Crippen molar-refractivity contribution in [3.05, 3.63) is 35.9 Å². The summed E-state index contributed by atoms with van der Waals surface area (Å²) in [7, 11) is 0. The van der Waals surface area contributed by atoms with Crippen molar-refractivity contribution in [2.75, 3.05) is 39.3 Å². The maximum Gasteiger partial charge on any atom is 0.318 e. The molecule has 1 fully saturated rings. The molecule has 1 saturated heterocycles. The van der Waals surface area contributed by atoms with Gasteiger partial charge in [-0.1, -0.05) is 30.3 Å². The van der Waals surface area contributed by atoms with Crippen LogP contribution in [0.1, 0.15) is 5.56 Å². The zero-order valence-corrected chi connectivity index (χ0v) is 12.1. The summed E-state index contributed by atoms with van der Waals surface area (Å²) in [5.41, 5.74) is 6.27. The quantitative estimate of drug-likeness (QED) is 0.802. The van der Waals surface area contributed by atoms with Crippen LogP contribution < -0.4 is 11.1 Å². The first kappa shape index (κ1) is 15.5. The Kier molecular flexibility index (Phi) is 5.71. The van der Waals surface area contributed by atoms with Gasteiger partial charge in [-0.3, -0.25) is 15.0 Å². The molecular weight excluding hydrogens is 268 g/mol. The maximum absolute atomic E-state index is 11.4. The third-order valence-electron chi connectivity index (χ3n) is 3.65. The van der Waals surface area contributed by atoms with Gasteiger partial charge in [0.05, 0.1) is 6.54 Å². The fourth-order valence-corrected chi connectivity index (χ4v) is 2.48. The maximum atomic E-state index is 11.4. The molecule has 1 aromatic carbocycles. The van der Waals surface area contributed by atoms with Crippen LogP contribution in [0.15, 0.2) is 30.3 Å². The summed E-state index contributed by atoms with van der Waals surface area (Å²) in [6.45, 7) is 4.82. The molecule has 1 aromatic rings. The van der Waals surface area contributed by atoms with Crippen LogP contribution in [0.4, 0.5) is 4.79 Å². The summed E-state index contributed by atoms with van der Waals surface area (Å²) in [5, 5.41) is 2.09. The van der Waals surface area contributed by atoms with Crippen LogP contribution in [0, 0.1) is 0 Å². The molecule has 0 radical (unpaired) electrons. The third-order valence-corrected chi connectivity index (χ3v) is 3.65. The van der Waals surface area contributed by atoms with Gasteiger partial charge in [-0.25, -0.2) is 4.79 Å². The van der Waals surface area contributed by atoms with Crippen molar-refractivity contribution in [3.63, 3.8) is 0 Å². The second kappa shape index (κ2) is 7.75. The molecule has 0 bridgehead atoms. The summed E-state index contributed by atoms with van der Waals surface area (Å²) < 4.78 is 0. The minimum Gasteiger partial charge on any atom is -0.351 e. The lowest BCUT2D eigenvalue weighted by atomic mass is 10.1. The predicted octanol–water partition coefficient (Wildman–Crippen LogP) is 0.0416. The number of hydrogen-bond donors (Lipinski definition) is 2. The Morgan fingerprint density at radius 3 is 2.29 bits per heavy atom. The van der Waals surface area contributed by atoms with Gasteiger partial charge in [0.2, 0.25) is 5.91 Å². The van der Waals surface area contributed by atoms with E-state index < -0.39 is 6.03 Å². The molecule has 6 nitrogen and oxygen atoms in total. The number of carbonyl (C=O) groups excluding carboxylic acids is 2. The van der Waals surface area contributed by atoms with Gasteiger partial charge in [0.25, 0.3) is 0 Å². The summed E-state index contributed by atoms with van der Waals surface area (Å²) in [4.78, 5) is 26.5. The molecule has 0 aliphatic carbocycles. The van der Waals surface area contributed by atoms with Gasteiger partial charge in [-0.05, 0) is 12.0 Å². The number of amides is 3. The van der Waals surface area contributed by atoms with Crippen molar-refractivity contribution >= 4 is 11.9 Å². The van der Waals surface area contributed by atoms with E-state index >= 15 is 0 Å². The van der Waals surface area contributed by atoms with Crippen LogP contribution >= 0.6 is 0 Å². The Morgan fingerprint density at radius 2 is 1.67 bits per heavy atom. The Morgan fingerprint density at radius 1 is 1.05 bits per heavy atom. The van der Waals surface area contributed by atoms with E-state index in [9.17, 15) is 9.59 Å². The lowest BCUT2D eigenvalue weighted by Crippen LogP contribution is -2.50. The van der Waals surface area contributed by atoms with E-state index in [0.29, 0.717) is 0 Å². The fourth-order valence-electron chi connectivity index (χ4n) is 2.48. The van der Waals surface area contributed by atoms with Crippen LogP contribution in [0.25, 0.3) is 0 Å². The van der Waals surface area contributed by atoms with Crippen LogP contribution in [0.3, 0.4) is 0 Å². The summed E-state index contributed by atoms with van der Waals surface area (Å²) in [6.07, 6.45) is 1.04. The van der Waals surface area contributed by atoms with E-state index in [1.807, 2.05) is 11.0 Å². The number of nitrogens with two attached hydrogens (primary N) is 1. The largest absolute Gasteiger partial charge is 0.351 e. The van der Waals surface area contributed by atoms with E-state index in [-0.39, 0.29) is 12.5 Å². The van der Waals surface area contributed by atoms with Crippen LogP contribution in [0.5, 0.6) is 0 Å². The molecule has 6 heteroatoms. The zero-order chi connectivity index (χ0) is 15.1. The average molecular weight is 290 g/mol. The first-order chi connectivity index (χ1) is 10.1. The molecule has 1 aliphatic heterocycles. The first-order valence-electron chi connectivity index (χ1n) is 7.21. The van der Waals surface area contributed by atoms with Crippen molar-refractivity contribution in [2.45, 2.75) is 6.42 Å². The molecule has 0 saturated carbocycles. The van der Waals surface area contributed by atoms with E-state index in [1.54, 1.807) is 0 Å². The van der Waals surface area contributed by atoms with Crippen LogP contribution in [0.2, 0.25) is 0 Å². The molecule has 0 unspecified atom stereocenters. The van der Waals surface area contributed by atoms with Crippen molar-refractivity contribution in [1.82, 2.24) is 15.1 Å². The third kappa shape index (κ3) is 5.53. The predicted molar refractivity (Wildman–Crippen MR) is 80.8 cm³/mol. The second-order valence-electron chi connectivity index (χ2n) is 5.27. The number of urea groups is 1. The highest BCUT2D eigenvalue weighted by Gasteiger charge is 2.19. The van der Waals surface area contributed by atoms with Crippen molar-refractivity contribution < 1.29 is 9.59 Å². The molecule has 2 rings (SSSR count). The number of nitrogens with zero attached hydrogens (tertiary/aromatic N) is 2. The number of benzene rings is 1. The number of primary amides is 1. The Balaban J connectivity index is 1.66. The van der Waals surface area contributed by atoms with Crippen molar-refractivity contribution in [1.29, 1.82) is 0 Å². The van der Waals surface area contributed by atoms with Gasteiger partial charge in [0.1, 0.15) is 0 Å². The highest BCUT2D eigenvalue weighted by atomic mass is 16.2. The van der Waals surface area contributed by atoms with Gasteiger partial charge in [0.15, 0.2) is 0 Å². The number of carbonyl (C=O) groups is 2. The molecule has 1 heterocycles. The molecule has 1 aliphatic rings. The molecule has 0 aromatic heterocycles. The van der Waals surface area contributed by atoms with E-state index in [0.717, 1.165) is 39.1 Å². The normalized spacial score (nSPS) is 16.6. The number of piperazine rings is 1. The van der Waals surface area contributed by atoms with Gasteiger partial charge in [0, 0.05) is 32.7 Å². The van der Waals surface area contributed by atoms with E-state index in [1.165, 1.54) is 5.56 Å². The van der Waals surface area contributed by atoms with Gasteiger partial charge >= 0.3 is 6.03 Å². The van der Waals surface area contributed by atoms with Crippen LogP contribution in [-0.2, 0) is 11.2 Å². The standard InChI is InChI=1S/C15H22N4O2/c16-15(21)17-14(20)12-19-10-8-18(9-11-19)7-6-13-4-2-1-3-5-13/h1-5H,6-12H2,(H3,16,17,20,21). The summed E-state index contributed by atoms with van der Waals surface area (Å²) in [5.74, 6) is -0.333. The molecule has 21 heavy (non-hydrogen) atoms. The minimum absolute atomic E-state index is 0.232. The Bertz CT molecular complexity index is 470. The average Bonchev–Trinajstić information content (AvgIpc) is 2.47. The lowest BCUT2D eigenvalue weighted by Gasteiger charge is -2.34. The lowest BCUT2D eigenvalue weighted by molar-refractivity contribution is -0.121. The minimum atomic E-state index is -0.790. The van der Waals surface area contributed by atoms with Crippen molar-refractivity contribution in [3.8, 4) is 0 Å². The smallest absolute Gasteiger partial charge is 0.318 e. The fraction of sp³-hybridized carbons (Fsp3) is 0.467. The zero-order valence-electron chi connectivity index (χ0n) is 12.1. The SMILES string of the molecule is NC(=O)NC(=O)CN1CCN(CCc2ccccc2)CC1. The highest BCUT2D eigenvalue weighted by Crippen LogP contribution is 2.05. The summed E-state index contributed by atoms with van der Waals surface area (Å²) >= 11 is 0. The number of imide groups is 1. The Labute approximate surface area is 124 Å². The number of rotatable bonds is 5. The number of nitrogens with one attached hydrogen (secondary N) is 1. The van der Waals surface area contributed by atoms with Gasteiger partial charge < -0.3 is 10.6 Å². The monoisotopic (exact) mass is 290 g/mol. The summed E-state index contributed by atoms with van der Waals surface area (Å²) in [6, 6.07) is 9.64. The first-order valence-corrected chi connectivity index (χ1v) is 7.21. The Hall–Kier alpha value is -1.92.